The molecule has 124 valence electrons. The highest BCUT2D eigenvalue weighted by Crippen LogP contribution is 2.30. The first kappa shape index (κ1) is 16.6. The van der Waals surface area contributed by atoms with Crippen LogP contribution < -0.4 is 20.1 Å². The predicted molar refractivity (Wildman–Crippen MR) is 79.1 cm³/mol. The number of hydrogen-bond acceptors (Lipinski definition) is 6. The van der Waals surface area contributed by atoms with E-state index in [2.05, 4.69) is 5.32 Å². The van der Waals surface area contributed by atoms with Crippen molar-refractivity contribution in [1.82, 2.24) is 10.6 Å². The molecule has 8 nitrogen and oxygen atoms in total. The number of amides is 3. The monoisotopic (exact) mass is 322 g/mol. The van der Waals surface area contributed by atoms with E-state index in [4.69, 9.17) is 14.2 Å². The molecule has 23 heavy (non-hydrogen) atoms. The van der Waals surface area contributed by atoms with Crippen LogP contribution in [0.5, 0.6) is 11.5 Å². The van der Waals surface area contributed by atoms with E-state index in [9.17, 15) is 14.4 Å². The minimum atomic E-state index is -0.956. The highest BCUT2D eigenvalue weighted by Gasteiger charge is 2.29. The molecule has 1 aliphatic rings. The van der Waals surface area contributed by atoms with Crippen molar-refractivity contribution in [1.29, 1.82) is 0 Å². The van der Waals surface area contributed by atoms with Crippen molar-refractivity contribution >= 4 is 17.9 Å². The van der Waals surface area contributed by atoms with Gasteiger partial charge in [-0.3, -0.25) is 10.1 Å². The summed E-state index contributed by atoms with van der Waals surface area (Å²) in [7, 11) is 0. The predicted octanol–water partition coefficient (Wildman–Crippen LogP) is 0.604. The third kappa shape index (κ3) is 4.87. The van der Waals surface area contributed by atoms with Crippen molar-refractivity contribution in [2.75, 3.05) is 13.2 Å². The molecule has 1 aromatic carbocycles. The zero-order valence-corrected chi connectivity index (χ0v) is 12.8. The van der Waals surface area contributed by atoms with Gasteiger partial charge in [-0.25, -0.2) is 9.59 Å². The van der Waals surface area contributed by atoms with Crippen LogP contribution in [0.1, 0.15) is 13.8 Å². The van der Waals surface area contributed by atoms with Gasteiger partial charge in [-0.15, -0.1) is 0 Å². The summed E-state index contributed by atoms with van der Waals surface area (Å²) in [5.41, 5.74) is 0. The largest absolute Gasteiger partial charge is 0.485 e. The van der Waals surface area contributed by atoms with Crippen LogP contribution >= 0.6 is 0 Å². The van der Waals surface area contributed by atoms with Crippen LogP contribution in [0.4, 0.5) is 4.79 Å². The van der Waals surface area contributed by atoms with Crippen LogP contribution in [0.3, 0.4) is 0 Å². The summed E-state index contributed by atoms with van der Waals surface area (Å²) in [5.74, 6) is -0.492. The average molecular weight is 322 g/mol. The molecule has 1 unspecified atom stereocenters. The Labute approximate surface area is 133 Å². The third-order valence-electron chi connectivity index (χ3n) is 2.79. The summed E-state index contributed by atoms with van der Waals surface area (Å²) in [5, 5.41) is 4.53. The normalized spacial score (nSPS) is 15.7. The van der Waals surface area contributed by atoms with Crippen molar-refractivity contribution < 1.29 is 28.6 Å². The molecule has 1 aromatic rings. The lowest BCUT2D eigenvalue weighted by atomic mass is 10.2. The van der Waals surface area contributed by atoms with Gasteiger partial charge in [0.05, 0.1) is 0 Å². The van der Waals surface area contributed by atoms with E-state index in [1.165, 1.54) is 0 Å². The van der Waals surface area contributed by atoms with Gasteiger partial charge in [0, 0.05) is 6.04 Å². The topological polar surface area (TPSA) is 103 Å². The van der Waals surface area contributed by atoms with E-state index in [-0.39, 0.29) is 12.6 Å². The second-order valence-corrected chi connectivity index (χ2v) is 5.15. The van der Waals surface area contributed by atoms with E-state index >= 15 is 0 Å². The molecule has 3 amide bonds. The number of nitrogens with one attached hydrogen (secondary N) is 2. The number of fused-ring (bicyclic) bond motifs is 1. The molecule has 1 aliphatic heterocycles. The van der Waals surface area contributed by atoms with E-state index in [0.717, 1.165) is 0 Å². The number of rotatable bonds is 4. The molecular formula is C15H18N2O6. The molecule has 0 fully saturated rings. The fourth-order valence-electron chi connectivity index (χ4n) is 1.83. The Kier molecular flexibility index (Phi) is 5.40. The van der Waals surface area contributed by atoms with Gasteiger partial charge in [-0.2, -0.15) is 0 Å². The molecule has 0 spiro atoms. The second-order valence-electron chi connectivity index (χ2n) is 5.15. The molecule has 8 heteroatoms. The van der Waals surface area contributed by atoms with Crippen molar-refractivity contribution in [3.8, 4) is 11.5 Å². The van der Waals surface area contributed by atoms with Crippen molar-refractivity contribution in [2.24, 2.45) is 0 Å². The first-order valence-corrected chi connectivity index (χ1v) is 7.11. The third-order valence-corrected chi connectivity index (χ3v) is 2.79. The van der Waals surface area contributed by atoms with Crippen LogP contribution in [0.15, 0.2) is 24.3 Å². The lowest BCUT2D eigenvalue weighted by molar-refractivity contribution is -0.157. The average Bonchev–Trinajstić information content (AvgIpc) is 2.51. The van der Waals surface area contributed by atoms with E-state index in [1.807, 2.05) is 5.32 Å². The zero-order chi connectivity index (χ0) is 16.8. The summed E-state index contributed by atoms with van der Waals surface area (Å²) in [6.45, 7) is 2.92. The van der Waals surface area contributed by atoms with Crippen LogP contribution in [0.2, 0.25) is 0 Å². The van der Waals surface area contributed by atoms with Crippen molar-refractivity contribution in [2.45, 2.75) is 26.0 Å². The number of esters is 1. The highest BCUT2D eigenvalue weighted by molar-refractivity contribution is 5.95. The molecule has 2 N–H and O–H groups in total. The molecule has 0 saturated heterocycles. The minimum Gasteiger partial charge on any atom is -0.485 e. The number of urea groups is 1. The van der Waals surface area contributed by atoms with Gasteiger partial charge in [0.1, 0.15) is 6.61 Å². The minimum absolute atomic E-state index is 0.00863. The smallest absolute Gasteiger partial charge is 0.351 e. The van der Waals surface area contributed by atoms with Crippen molar-refractivity contribution in [3.05, 3.63) is 24.3 Å². The first-order valence-electron chi connectivity index (χ1n) is 7.11. The zero-order valence-electron chi connectivity index (χ0n) is 12.8. The molecular weight excluding hydrogens is 304 g/mol. The number of para-hydroxylation sites is 2. The quantitative estimate of drug-likeness (QED) is 0.787. The second kappa shape index (κ2) is 7.48. The molecule has 1 heterocycles. The highest BCUT2D eigenvalue weighted by atomic mass is 16.6. The number of imide groups is 1. The molecule has 2 rings (SSSR count). The summed E-state index contributed by atoms with van der Waals surface area (Å²) in [6.07, 6.45) is -0.956. The Bertz CT molecular complexity index is 601. The van der Waals surface area contributed by atoms with Crippen LogP contribution in [0.25, 0.3) is 0 Å². The number of ether oxygens (including phenoxy) is 3. The number of hydrogen-bond donors (Lipinski definition) is 2. The summed E-state index contributed by atoms with van der Waals surface area (Å²) < 4.78 is 15.7. The SMILES string of the molecule is CC(C)NC(=O)NC(=O)COC(=O)C1COc2ccccc2O1. The maximum Gasteiger partial charge on any atom is 0.351 e. The standard InChI is InChI=1S/C15H18N2O6/c1-9(2)16-15(20)17-13(18)8-22-14(19)12-7-21-10-5-3-4-6-11(10)23-12/h3-6,9,12H,7-8H2,1-2H3,(H2,16,17,18,20). The maximum absolute atomic E-state index is 11.9. The van der Waals surface area contributed by atoms with Gasteiger partial charge >= 0.3 is 12.0 Å². The number of carbonyl (C=O) groups is 3. The number of carbonyl (C=O) groups excluding carboxylic acids is 3. The Balaban J connectivity index is 1.77. The van der Waals surface area contributed by atoms with E-state index in [1.54, 1.807) is 38.1 Å². The van der Waals surface area contributed by atoms with Gasteiger partial charge in [0.2, 0.25) is 6.10 Å². The Morgan fingerprint density at radius 1 is 1.26 bits per heavy atom. The Morgan fingerprint density at radius 2 is 1.96 bits per heavy atom. The first-order chi connectivity index (χ1) is 11.0. The van der Waals surface area contributed by atoms with Gasteiger partial charge in [0.15, 0.2) is 18.1 Å². The Hall–Kier alpha value is -2.77. The van der Waals surface area contributed by atoms with Crippen LogP contribution in [0, 0.1) is 0 Å². The lowest BCUT2D eigenvalue weighted by Crippen LogP contribution is -2.45. The molecule has 0 saturated carbocycles. The fraction of sp³-hybridized carbons (Fsp3) is 0.400. The van der Waals surface area contributed by atoms with Crippen molar-refractivity contribution in [3.63, 3.8) is 0 Å². The van der Waals surface area contributed by atoms with Crippen LogP contribution in [-0.2, 0) is 14.3 Å². The summed E-state index contributed by atoms with van der Waals surface area (Å²) in [6, 6.07) is 6.16. The Morgan fingerprint density at radius 3 is 2.65 bits per heavy atom. The molecule has 0 aliphatic carbocycles. The van der Waals surface area contributed by atoms with Gasteiger partial charge in [0.25, 0.3) is 5.91 Å². The molecule has 0 radical (unpaired) electrons. The lowest BCUT2D eigenvalue weighted by Gasteiger charge is -2.24. The molecule has 0 bridgehead atoms. The summed E-state index contributed by atoms with van der Waals surface area (Å²) >= 11 is 0. The molecule has 0 aromatic heterocycles. The van der Waals surface area contributed by atoms with E-state index < -0.39 is 30.6 Å². The van der Waals surface area contributed by atoms with E-state index in [0.29, 0.717) is 11.5 Å². The number of benzene rings is 1. The van der Waals surface area contributed by atoms with Crippen LogP contribution in [-0.4, -0.2) is 43.3 Å². The van der Waals surface area contributed by atoms with Gasteiger partial charge < -0.3 is 19.5 Å². The summed E-state index contributed by atoms with van der Waals surface area (Å²) in [4.78, 5) is 34.7. The fourth-order valence-corrected chi connectivity index (χ4v) is 1.83. The maximum atomic E-state index is 11.9. The van der Waals surface area contributed by atoms with Gasteiger partial charge in [-0.1, -0.05) is 12.1 Å². The molecule has 1 atom stereocenters. The van der Waals surface area contributed by atoms with Gasteiger partial charge in [-0.05, 0) is 26.0 Å².